The van der Waals surface area contributed by atoms with Gasteiger partial charge in [-0.25, -0.2) is 0 Å². The van der Waals surface area contributed by atoms with Gasteiger partial charge < -0.3 is 5.32 Å². The van der Waals surface area contributed by atoms with Crippen molar-refractivity contribution in [1.29, 1.82) is 0 Å². The largest absolute Gasteiger partial charge is 0.360 e. The van der Waals surface area contributed by atoms with Gasteiger partial charge >= 0.3 is 5.69 Å². The van der Waals surface area contributed by atoms with Crippen molar-refractivity contribution in [1.82, 2.24) is 9.78 Å². The Morgan fingerprint density at radius 2 is 2.06 bits per heavy atom. The van der Waals surface area contributed by atoms with E-state index in [4.69, 9.17) is 0 Å². The lowest BCUT2D eigenvalue weighted by Gasteiger charge is -2.16. The molecule has 1 N–H and O–H groups in total. The van der Waals surface area contributed by atoms with Crippen LogP contribution in [0.5, 0.6) is 0 Å². The highest BCUT2D eigenvalue weighted by Gasteiger charge is 2.42. The number of nitrogens with one attached hydrogen (secondary N) is 1. The summed E-state index contributed by atoms with van der Waals surface area (Å²) >= 11 is 0. The number of rotatable bonds is 5. The number of hydrogen-bond acceptors (Lipinski definition) is 4. The topological polar surface area (TPSA) is 73.0 Å². The van der Waals surface area contributed by atoms with Gasteiger partial charge in [-0.1, -0.05) is 0 Å². The van der Waals surface area contributed by atoms with E-state index in [1.54, 1.807) is 7.05 Å². The Hall–Kier alpha value is -1.59. The Morgan fingerprint density at radius 1 is 1.47 bits per heavy atom. The first-order valence-corrected chi connectivity index (χ1v) is 6.09. The third kappa shape index (κ3) is 2.11. The van der Waals surface area contributed by atoms with Gasteiger partial charge in [0, 0.05) is 13.1 Å². The van der Waals surface area contributed by atoms with Crippen LogP contribution in [0.15, 0.2) is 6.20 Å². The first-order valence-electron chi connectivity index (χ1n) is 6.09. The molecule has 0 aliphatic heterocycles. The number of aromatic nitrogens is 2. The molecule has 0 aromatic carbocycles. The van der Waals surface area contributed by atoms with E-state index in [2.05, 4.69) is 10.4 Å². The maximum atomic E-state index is 10.9. The lowest BCUT2D eigenvalue weighted by Crippen LogP contribution is -2.24. The zero-order valence-corrected chi connectivity index (χ0v) is 9.80. The van der Waals surface area contributed by atoms with Crippen LogP contribution in [0.2, 0.25) is 0 Å². The summed E-state index contributed by atoms with van der Waals surface area (Å²) in [6, 6.07) is 0.392. The van der Waals surface area contributed by atoms with Crippen molar-refractivity contribution in [2.75, 3.05) is 5.32 Å². The molecular weight excluding hydrogens is 220 g/mol. The number of anilines is 1. The fourth-order valence-electron chi connectivity index (χ4n) is 2.40. The molecule has 2 aliphatic carbocycles. The fourth-order valence-corrected chi connectivity index (χ4v) is 2.40. The average Bonchev–Trinajstić information content (AvgIpc) is 3.14. The molecule has 17 heavy (non-hydrogen) atoms. The summed E-state index contributed by atoms with van der Waals surface area (Å²) in [4.78, 5) is 10.5. The molecule has 0 radical (unpaired) electrons. The molecule has 92 valence electrons. The van der Waals surface area contributed by atoms with Gasteiger partial charge in [0.15, 0.2) is 0 Å². The predicted octanol–water partition coefficient (Wildman–Crippen LogP) is 1.93. The highest BCUT2D eigenvalue weighted by molar-refractivity contribution is 5.55. The molecule has 6 nitrogen and oxygen atoms in total. The van der Waals surface area contributed by atoms with Crippen LogP contribution in [0.25, 0.3) is 0 Å². The molecule has 3 rings (SSSR count). The Morgan fingerprint density at radius 3 is 2.53 bits per heavy atom. The van der Waals surface area contributed by atoms with Gasteiger partial charge in [-0.3, -0.25) is 14.8 Å². The van der Waals surface area contributed by atoms with Gasteiger partial charge in [0.1, 0.15) is 6.20 Å². The molecule has 0 amide bonds. The predicted molar refractivity (Wildman–Crippen MR) is 62.7 cm³/mol. The van der Waals surface area contributed by atoms with E-state index in [9.17, 15) is 10.1 Å². The van der Waals surface area contributed by atoms with Crippen LogP contribution in [-0.2, 0) is 7.05 Å². The molecule has 2 fully saturated rings. The average molecular weight is 236 g/mol. The van der Waals surface area contributed by atoms with Crippen LogP contribution >= 0.6 is 0 Å². The smallest absolute Gasteiger partial charge is 0.330 e. The van der Waals surface area contributed by atoms with Crippen molar-refractivity contribution in [3.63, 3.8) is 0 Å². The lowest BCUT2D eigenvalue weighted by atomic mass is 10.1. The Balaban J connectivity index is 1.80. The number of nitrogens with zero attached hydrogens (tertiary/aromatic N) is 3. The van der Waals surface area contributed by atoms with Crippen LogP contribution < -0.4 is 5.32 Å². The molecule has 1 aromatic rings. The first kappa shape index (κ1) is 10.6. The van der Waals surface area contributed by atoms with E-state index in [0.717, 1.165) is 0 Å². The van der Waals surface area contributed by atoms with Gasteiger partial charge in [-0.05, 0) is 37.5 Å². The molecule has 0 saturated heterocycles. The SMILES string of the molecule is Cn1cc([N+](=O)[O-])c(NC(C2CC2)C2CC2)n1. The Kier molecular flexibility index (Phi) is 2.31. The zero-order valence-electron chi connectivity index (χ0n) is 9.80. The van der Waals surface area contributed by atoms with Crippen molar-refractivity contribution in [2.45, 2.75) is 31.7 Å². The molecule has 0 unspecified atom stereocenters. The van der Waals surface area contributed by atoms with Crippen LogP contribution in [0, 0.1) is 22.0 Å². The van der Waals surface area contributed by atoms with Crippen molar-refractivity contribution >= 4 is 11.5 Å². The maximum absolute atomic E-state index is 10.9. The maximum Gasteiger partial charge on any atom is 0.330 e. The van der Waals surface area contributed by atoms with Crippen LogP contribution in [-0.4, -0.2) is 20.7 Å². The van der Waals surface area contributed by atoms with E-state index in [-0.39, 0.29) is 10.6 Å². The summed E-state index contributed by atoms with van der Waals surface area (Å²) in [5.41, 5.74) is 0.0822. The van der Waals surface area contributed by atoms with Crippen molar-refractivity contribution in [3.8, 4) is 0 Å². The highest BCUT2D eigenvalue weighted by Crippen LogP contribution is 2.46. The van der Waals surface area contributed by atoms with E-state index < -0.39 is 0 Å². The monoisotopic (exact) mass is 236 g/mol. The molecule has 6 heteroatoms. The summed E-state index contributed by atoms with van der Waals surface area (Å²) < 4.78 is 1.50. The van der Waals surface area contributed by atoms with Gasteiger partial charge in [-0.15, -0.1) is 5.10 Å². The molecular formula is C11H16N4O2. The minimum Gasteiger partial charge on any atom is -0.360 e. The Bertz CT molecular complexity index is 436. The number of nitro groups is 1. The third-order valence-corrected chi connectivity index (χ3v) is 3.57. The second-order valence-electron chi connectivity index (χ2n) is 5.14. The lowest BCUT2D eigenvalue weighted by molar-refractivity contribution is -0.384. The molecule has 1 heterocycles. The van der Waals surface area contributed by atoms with Gasteiger partial charge in [0.2, 0.25) is 5.82 Å². The molecule has 0 bridgehead atoms. The number of aryl methyl sites for hydroxylation is 1. The van der Waals surface area contributed by atoms with E-state index >= 15 is 0 Å². The van der Waals surface area contributed by atoms with E-state index in [0.29, 0.717) is 23.7 Å². The van der Waals surface area contributed by atoms with Crippen molar-refractivity contribution in [3.05, 3.63) is 16.3 Å². The van der Waals surface area contributed by atoms with Gasteiger partial charge in [-0.2, -0.15) is 0 Å². The third-order valence-electron chi connectivity index (χ3n) is 3.57. The summed E-state index contributed by atoms with van der Waals surface area (Å²) in [7, 11) is 1.71. The summed E-state index contributed by atoms with van der Waals surface area (Å²) in [6.07, 6.45) is 6.44. The number of hydrogen-bond donors (Lipinski definition) is 1. The fraction of sp³-hybridized carbons (Fsp3) is 0.727. The standard InChI is InChI=1S/C11H16N4O2/c1-14-6-9(15(16)17)11(13-14)12-10(7-2-3-7)8-4-5-8/h6-8,10H,2-5H2,1H3,(H,12,13). The quantitative estimate of drug-likeness (QED) is 0.626. The van der Waals surface area contributed by atoms with E-state index in [1.807, 2.05) is 0 Å². The first-order chi connectivity index (χ1) is 8.15. The Labute approximate surface area is 99.1 Å². The van der Waals surface area contributed by atoms with Gasteiger partial charge in [0.25, 0.3) is 0 Å². The summed E-state index contributed by atoms with van der Waals surface area (Å²) in [5, 5.41) is 18.4. The highest BCUT2D eigenvalue weighted by atomic mass is 16.6. The minimum atomic E-state index is -0.369. The molecule has 2 aliphatic rings. The normalized spacial score (nSPS) is 19.6. The molecule has 1 aromatic heterocycles. The summed E-state index contributed by atoms with van der Waals surface area (Å²) in [6.45, 7) is 0. The molecule has 2 saturated carbocycles. The van der Waals surface area contributed by atoms with Crippen molar-refractivity contribution < 1.29 is 4.92 Å². The molecule has 0 spiro atoms. The van der Waals surface area contributed by atoms with Crippen LogP contribution in [0.3, 0.4) is 0 Å². The summed E-state index contributed by atoms with van der Waals surface area (Å²) in [5.74, 6) is 1.83. The van der Waals surface area contributed by atoms with Crippen molar-refractivity contribution in [2.24, 2.45) is 18.9 Å². The second kappa shape index (κ2) is 3.72. The van der Waals surface area contributed by atoms with Crippen LogP contribution in [0.4, 0.5) is 11.5 Å². The van der Waals surface area contributed by atoms with E-state index in [1.165, 1.54) is 36.6 Å². The minimum absolute atomic E-state index is 0.0822. The van der Waals surface area contributed by atoms with Gasteiger partial charge in [0.05, 0.1) is 4.92 Å². The second-order valence-corrected chi connectivity index (χ2v) is 5.14. The zero-order chi connectivity index (χ0) is 12.0. The molecule has 0 atom stereocenters. The van der Waals surface area contributed by atoms with Crippen LogP contribution in [0.1, 0.15) is 25.7 Å².